The fourth-order valence-electron chi connectivity index (χ4n) is 4.97. The molecule has 5 aromatic rings. The summed E-state index contributed by atoms with van der Waals surface area (Å²) in [5.74, 6) is 0.975. The Hall–Kier alpha value is -4.30. The molecule has 0 unspecified atom stereocenters. The fraction of sp³-hybridized carbons (Fsp3) is 0.0625. The van der Waals surface area contributed by atoms with Gasteiger partial charge in [-0.25, -0.2) is 0 Å². The lowest BCUT2D eigenvalue weighted by atomic mass is 9.87. The summed E-state index contributed by atoms with van der Waals surface area (Å²) in [5.41, 5.74) is 9.71. The summed E-state index contributed by atoms with van der Waals surface area (Å²) in [6, 6.07) is 38.4. The Morgan fingerprint density at radius 2 is 1.35 bits per heavy atom. The lowest BCUT2D eigenvalue weighted by molar-refractivity contribution is 0.415. The maximum absolute atomic E-state index is 5.41. The minimum absolute atomic E-state index is 0.113. The van der Waals surface area contributed by atoms with Crippen LogP contribution in [-0.4, -0.2) is 12.1 Å². The van der Waals surface area contributed by atoms with Crippen LogP contribution in [0.2, 0.25) is 0 Å². The number of aromatic nitrogens is 1. The number of nitrogens with one attached hydrogen (secondary N) is 1. The molecular formula is C32H25NO. The van der Waals surface area contributed by atoms with Gasteiger partial charge in [-0.1, -0.05) is 97.1 Å². The Morgan fingerprint density at radius 3 is 2.09 bits per heavy atom. The number of para-hydroxylation sites is 1. The van der Waals surface area contributed by atoms with Crippen molar-refractivity contribution in [1.82, 2.24) is 4.98 Å². The minimum atomic E-state index is 0.113. The first-order chi connectivity index (χ1) is 16.8. The molecule has 0 bridgehead atoms. The van der Waals surface area contributed by atoms with Gasteiger partial charge in [0.1, 0.15) is 5.75 Å². The van der Waals surface area contributed by atoms with Crippen molar-refractivity contribution in [3.63, 3.8) is 0 Å². The minimum Gasteiger partial charge on any atom is -0.497 e. The molecule has 1 N–H and O–H groups in total. The molecule has 2 heteroatoms. The molecule has 2 nitrogen and oxygen atoms in total. The van der Waals surface area contributed by atoms with Crippen molar-refractivity contribution in [2.45, 2.75) is 5.92 Å². The summed E-state index contributed by atoms with van der Waals surface area (Å²) in [6.07, 6.45) is 4.74. The molecule has 0 spiro atoms. The van der Waals surface area contributed by atoms with Crippen LogP contribution in [0.4, 0.5) is 0 Å². The molecule has 1 atom stereocenters. The van der Waals surface area contributed by atoms with E-state index in [2.05, 4.69) is 114 Å². The van der Waals surface area contributed by atoms with Crippen molar-refractivity contribution >= 4 is 22.0 Å². The van der Waals surface area contributed by atoms with Gasteiger partial charge in [-0.3, -0.25) is 0 Å². The number of benzene rings is 4. The first-order valence-electron chi connectivity index (χ1n) is 11.6. The van der Waals surface area contributed by atoms with Gasteiger partial charge in [-0.05, 0) is 52.1 Å². The van der Waals surface area contributed by atoms with Gasteiger partial charge in [-0.2, -0.15) is 0 Å². The van der Waals surface area contributed by atoms with E-state index in [-0.39, 0.29) is 5.92 Å². The second-order valence-corrected chi connectivity index (χ2v) is 8.62. The van der Waals surface area contributed by atoms with Crippen LogP contribution >= 0.6 is 0 Å². The quantitative estimate of drug-likeness (QED) is 0.303. The van der Waals surface area contributed by atoms with E-state index in [0.29, 0.717) is 0 Å². The highest BCUT2D eigenvalue weighted by Crippen LogP contribution is 2.44. The molecule has 1 aliphatic carbocycles. The van der Waals surface area contributed by atoms with Crippen molar-refractivity contribution < 1.29 is 4.74 Å². The second-order valence-electron chi connectivity index (χ2n) is 8.62. The van der Waals surface area contributed by atoms with Crippen LogP contribution in [-0.2, 0) is 0 Å². The third-order valence-electron chi connectivity index (χ3n) is 6.64. The van der Waals surface area contributed by atoms with Gasteiger partial charge >= 0.3 is 0 Å². The molecule has 0 aliphatic heterocycles. The lowest BCUT2D eigenvalue weighted by Crippen LogP contribution is -2.00. The summed E-state index contributed by atoms with van der Waals surface area (Å²) in [4.78, 5) is 3.77. The van der Waals surface area contributed by atoms with E-state index < -0.39 is 0 Å². The zero-order chi connectivity index (χ0) is 22.9. The molecule has 0 saturated heterocycles. The normalized spacial score (nSPS) is 15.3. The monoisotopic (exact) mass is 439 g/mol. The van der Waals surface area contributed by atoms with Gasteiger partial charge in [-0.15, -0.1) is 0 Å². The predicted molar refractivity (Wildman–Crippen MR) is 141 cm³/mol. The van der Waals surface area contributed by atoms with Crippen LogP contribution in [0.5, 0.6) is 5.75 Å². The SMILES string of the molecule is COc1ccc(C2=C[C@@H](c3ccccc3)c3c([nH]c4ccccc34)C(c3ccccc3)=C2)cc1. The van der Waals surface area contributed by atoms with Crippen LogP contribution in [0.25, 0.3) is 22.0 Å². The maximum Gasteiger partial charge on any atom is 0.118 e. The molecule has 6 rings (SSSR count). The highest BCUT2D eigenvalue weighted by atomic mass is 16.5. The van der Waals surface area contributed by atoms with Gasteiger partial charge in [0.15, 0.2) is 0 Å². The van der Waals surface area contributed by atoms with Crippen LogP contribution in [0.15, 0.2) is 121 Å². The zero-order valence-electron chi connectivity index (χ0n) is 19.0. The van der Waals surface area contributed by atoms with E-state index in [9.17, 15) is 0 Å². The first-order valence-corrected chi connectivity index (χ1v) is 11.6. The average molecular weight is 440 g/mol. The summed E-state index contributed by atoms with van der Waals surface area (Å²) in [5, 5.41) is 1.26. The van der Waals surface area contributed by atoms with Gasteiger partial charge < -0.3 is 9.72 Å². The Bertz CT molecular complexity index is 1510. The van der Waals surface area contributed by atoms with Gasteiger partial charge in [0.05, 0.1) is 12.8 Å². The Kier molecular flexibility index (Phi) is 5.12. The van der Waals surface area contributed by atoms with E-state index in [4.69, 9.17) is 4.74 Å². The molecule has 1 heterocycles. The number of rotatable bonds is 4. The standard InChI is InChI=1S/C32H25NO/c1-34-26-18-16-22(17-19-26)25-20-28(23-10-4-2-5-11-23)31-27-14-8-9-15-30(27)33-32(31)29(21-25)24-12-6-3-7-13-24/h2-21,28,33H,1H3/t28-/m0/s1. The summed E-state index contributed by atoms with van der Waals surface area (Å²) in [7, 11) is 1.70. The van der Waals surface area contributed by atoms with Crippen LogP contribution < -0.4 is 4.74 Å². The third kappa shape index (κ3) is 3.54. The molecule has 34 heavy (non-hydrogen) atoms. The number of H-pyrrole nitrogens is 1. The van der Waals surface area contributed by atoms with Crippen molar-refractivity contribution in [2.24, 2.45) is 0 Å². The second kappa shape index (κ2) is 8.57. The highest BCUT2D eigenvalue weighted by Gasteiger charge is 2.26. The van der Waals surface area contributed by atoms with E-state index in [1.807, 2.05) is 12.1 Å². The number of hydrogen-bond acceptors (Lipinski definition) is 1. The molecule has 1 aliphatic rings. The zero-order valence-corrected chi connectivity index (χ0v) is 19.0. The van der Waals surface area contributed by atoms with Gasteiger partial charge in [0.25, 0.3) is 0 Å². The maximum atomic E-state index is 5.41. The molecule has 0 amide bonds. The average Bonchev–Trinajstić information content (AvgIpc) is 3.20. The highest BCUT2D eigenvalue weighted by molar-refractivity contribution is 5.99. The number of fused-ring (bicyclic) bond motifs is 3. The molecule has 0 saturated carbocycles. The first kappa shape index (κ1) is 20.3. The molecule has 1 aromatic heterocycles. The van der Waals surface area contributed by atoms with Crippen LogP contribution in [0.3, 0.4) is 0 Å². The third-order valence-corrected chi connectivity index (χ3v) is 6.64. The number of methoxy groups -OCH3 is 1. The predicted octanol–water partition coefficient (Wildman–Crippen LogP) is 7.84. The largest absolute Gasteiger partial charge is 0.497 e. The molecule has 164 valence electrons. The van der Waals surface area contributed by atoms with Crippen LogP contribution in [0.1, 0.15) is 33.9 Å². The molecular weight excluding hydrogens is 414 g/mol. The Morgan fingerprint density at radius 1 is 0.676 bits per heavy atom. The molecule has 0 fully saturated rings. The summed E-state index contributed by atoms with van der Waals surface area (Å²) >= 11 is 0. The summed E-state index contributed by atoms with van der Waals surface area (Å²) in [6.45, 7) is 0. The van der Waals surface area contributed by atoms with Gasteiger partial charge in [0, 0.05) is 22.4 Å². The number of ether oxygens (including phenoxy) is 1. The molecule has 0 radical (unpaired) electrons. The van der Waals surface area contributed by atoms with Crippen molar-refractivity contribution in [2.75, 3.05) is 7.11 Å². The van der Waals surface area contributed by atoms with Crippen molar-refractivity contribution in [1.29, 1.82) is 0 Å². The topological polar surface area (TPSA) is 25.0 Å². The smallest absolute Gasteiger partial charge is 0.118 e. The number of allylic oxidation sites excluding steroid dienone is 3. The Labute approximate surface area is 199 Å². The molecule has 4 aromatic carbocycles. The van der Waals surface area contributed by atoms with E-state index >= 15 is 0 Å². The van der Waals surface area contributed by atoms with E-state index in [0.717, 1.165) is 11.3 Å². The summed E-state index contributed by atoms with van der Waals surface area (Å²) < 4.78 is 5.41. The van der Waals surface area contributed by atoms with E-state index in [1.54, 1.807) is 7.11 Å². The fourth-order valence-corrected chi connectivity index (χ4v) is 4.97. The van der Waals surface area contributed by atoms with Crippen molar-refractivity contribution in [3.8, 4) is 5.75 Å². The van der Waals surface area contributed by atoms with Gasteiger partial charge in [0.2, 0.25) is 0 Å². The number of aromatic amines is 1. The Balaban J connectivity index is 1.66. The number of hydrogen-bond donors (Lipinski definition) is 1. The van der Waals surface area contributed by atoms with E-state index in [1.165, 1.54) is 44.5 Å². The van der Waals surface area contributed by atoms with Crippen LogP contribution in [0, 0.1) is 0 Å². The lowest BCUT2D eigenvalue weighted by Gasteiger charge is -2.16. The van der Waals surface area contributed by atoms with Crippen molar-refractivity contribution in [3.05, 3.63) is 149 Å².